The second kappa shape index (κ2) is 11.1. The molecule has 8 nitrogen and oxygen atoms in total. The third-order valence-corrected chi connectivity index (χ3v) is 7.52. The zero-order valence-corrected chi connectivity index (χ0v) is 18.9. The molecular formula is C22H33N3O5S. The smallest absolute Gasteiger partial charge is 0.240 e. The largest absolute Gasteiger partial charge is 0.376 e. The van der Waals surface area contributed by atoms with Crippen molar-refractivity contribution in [2.75, 3.05) is 26.2 Å². The maximum atomic E-state index is 12.4. The minimum Gasteiger partial charge on any atom is -0.376 e. The van der Waals surface area contributed by atoms with Gasteiger partial charge in [-0.3, -0.25) is 9.59 Å². The van der Waals surface area contributed by atoms with Gasteiger partial charge in [-0.15, -0.1) is 0 Å². The number of amides is 2. The van der Waals surface area contributed by atoms with E-state index in [-0.39, 0.29) is 41.2 Å². The highest BCUT2D eigenvalue weighted by atomic mass is 32.2. The molecule has 2 fully saturated rings. The van der Waals surface area contributed by atoms with Crippen LogP contribution in [0.3, 0.4) is 0 Å². The summed E-state index contributed by atoms with van der Waals surface area (Å²) in [6.07, 6.45) is 5.00. The number of benzene rings is 1. The molecule has 1 aromatic carbocycles. The summed E-state index contributed by atoms with van der Waals surface area (Å²) in [5.74, 6) is -0.232. The van der Waals surface area contributed by atoms with Gasteiger partial charge < -0.3 is 15.4 Å². The molecule has 0 radical (unpaired) electrons. The number of nitrogens with one attached hydrogen (secondary N) is 3. The molecule has 9 heteroatoms. The number of hydrogen-bond acceptors (Lipinski definition) is 5. The van der Waals surface area contributed by atoms with Gasteiger partial charge in [-0.25, -0.2) is 13.1 Å². The third kappa shape index (κ3) is 7.29. The van der Waals surface area contributed by atoms with E-state index in [2.05, 4.69) is 15.4 Å². The van der Waals surface area contributed by atoms with Crippen molar-refractivity contribution in [3.8, 4) is 0 Å². The maximum Gasteiger partial charge on any atom is 0.240 e. The predicted octanol–water partition coefficient (Wildman–Crippen LogP) is 1.49. The van der Waals surface area contributed by atoms with Crippen LogP contribution in [0, 0.1) is 18.8 Å². The topological polar surface area (TPSA) is 114 Å². The van der Waals surface area contributed by atoms with Gasteiger partial charge in [0.05, 0.1) is 17.5 Å². The molecule has 3 rings (SSSR count). The highest BCUT2D eigenvalue weighted by molar-refractivity contribution is 7.89. The van der Waals surface area contributed by atoms with Gasteiger partial charge in [0.25, 0.3) is 0 Å². The average Bonchev–Trinajstić information content (AvgIpc) is 3.29. The fraction of sp³-hybridized carbons (Fsp3) is 0.636. The van der Waals surface area contributed by atoms with E-state index in [1.165, 1.54) is 0 Å². The van der Waals surface area contributed by atoms with Crippen LogP contribution in [0.4, 0.5) is 0 Å². The molecule has 172 valence electrons. The van der Waals surface area contributed by atoms with E-state index < -0.39 is 10.0 Å². The van der Waals surface area contributed by atoms with Crippen molar-refractivity contribution in [1.29, 1.82) is 0 Å². The molecule has 1 aromatic rings. The zero-order valence-electron chi connectivity index (χ0n) is 18.1. The van der Waals surface area contributed by atoms with Crippen LogP contribution in [0.25, 0.3) is 0 Å². The molecule has 2 aliphatic rings. The van der Waals surface area contributed by atoms with Gasteiger partial charge in [-0.2, -0.15) is 0 Å². The Hall–Kier alpha value is -1.97. The molecule has 1 saturated heterocycles. The quantitative estimate of drug-likeness (QED) is 0.526. The molecule has 1 atom stereocenters. The van der Waals surface area contributed by atoms with Gasteiger partial charge in [-0.1, -0.05) is 17.7 Å². The molecular weight excluding hydrogens is 418 g/mol. The van der Waals surface area contributed by atoms with Crippen LogP contribution < -0.4 is 15.4 Å². The number of rotatable bonds is 9. The van der Waals surface area contributed by atoms with Gasteiger partial charge in [0.15, 0.2) is 0 Å². The molecule has 0 spiro atoms. The maximum absolute atomic E-state index is 12.4. The molecule has 1 aliphatic carbocycles. The first-order valence-corrected chi connectivity index (χ1v) is 12.5. The van der Waals surface area contributed by atoms with Gasteiger partial charge in [0, 0.05) is 25.6 Å². The van der Waals surface area contributed by atoms with E-state index >= 15 is 0 Å². The molecule has 3 N–H and O–H groups in total. The summed E-state index contributed by atoms with van der Waals surface area (Å²) in [4.78, 5) is 24.5. The Morgan fingerprint density at radius 1 is 1.00 bits per heavy atom. The van der Waals surface area contributed by atoms with Crippen molar-refractivity contribution < 1.29 is 22.7 Å². The fourth-order valence-corrected chi connectivity index (χ4v) is 5.18. The van der Waals surface area contributed by atoms with Crippen molar-refractivity contribution in [2.24, 2.45) is 11.8 Å². The normalized spacial score (nSPS) is 24.0. The van der Waals surface area contributed by atoms with Crippen LogP contribution in [0.2, 0.25) is 0 Å². The lowest BCUT2D eigenvalue weighted by Crippen LogP contribution is -2.42. The summed E-state index contributed by atoms with van der Waals surface area (Å²) in [6.45, 7) is 3.49. The standard InChI is InChI=1S/C22H33N3O5S/c1-16-4-10-20(11-5-16)31(28,29)25-13-17-6-8-18(9-7-17)22(27)24-15-21(26)23-14-19-3-2-12-30-19/h4-5,10-11,17-19,25H,2-3,6-9,12-15H2,1H3,(H,23,26)(H,24,27). The van der Waals surface area contributed by atoms with E-state index in [9.17, 15) is 18.0 Å². The lowest BCUT2D eigenvalue weighted by atomic mass is 9.81. The Kier molecular flexibility index (Phi) is 8.45. The number of aryl methyl sites for hydroxylation is 1. The average molecular weight is 452 g/mol. The number of ether oxygens (including phenoxy) is 1. The van der Waals surface area contributed by atoms with Crippen LogP contribution in [-0.4, -0.2) is 52.6 Å². The van der Waals surface area contributed by atoms with Gasteiger partial charge in [0.1, 0.15) is 0 Å². The summed E-state index contributed by atoms with van der Waals surface area (Å²) in [6, 6.07) is 6.77. The van der Waals surface area contributed by atoms with Crippen LogP contribution >= 0.6 is 0 Å². The van der Waals surface area contributed by atoms with Crippen LogP contribution in [0.15, 0.2) is 29.2 Å². The summed E-state index contributed by atoms with van der Waals surface area (Å²) in [5, 5.41) is 5.51. The summed E-state index contributed by atoms with van der Waals surface area (Å²) in [5.41, 5.74) is 1.01. The van der Waals surface area contributed by atoms with Gasteiger partial charge >= 0.3 is 0 Å². The van der Waals surface area contributed by atoms with Crippen molar-refractivity contribution in [3.05, 3.63) is 29.8 Å². The minimum absolute atomic E-state index is 0.0260. The number of hydrogen-bond donors (Lipinski definition) is 3. The zero-order chi connectivity index (χ0) is 22.3. The summed E-state index contributed by atoms with van der Waals surface area (Å²) < 4.78 is 33.0. The van der Waals surface area contributed by atoms with Crippen LogP contribution in [0.5, 0.6) is 0 Å². The Morgan fingerprint density at radius 2 is 1.71 bits per heavy atom. The first-order valence-electron chi connectivity index (χ1n) is 11.1. The van der Waals surface area contributed by atoms with Crippen LogP contribution in [0.1, 0.15) is 44.1 Å². The molecule has 0 aromatic heterocycles. The highest BCUT2D eigenvalue weighted by Crippen LogP contribution is 2.28. The van der Waals surface area contributed by atoms with E-state index in [1.807, 2.05) is 6.92 Å². The van der Waals surface area contributed by atoms with Crippen molar-refractivity contribution in [1.82, 2.24) is 15.4 Å². The molecule has 2 amide bonds. The third-order valence-electron chi connectivity index (χ3n) is 6.08. The van der Waals surface area contributed by atoms with Gasteiger partial charge in [-0.05, 0) is 63.5 Å². The Labute approximate surface area is 184 Å². The van der Waals surface area contributed by atoms with E-state index in [0.29, 0.717) is 25.9 Å². The SMILES string of the molecule is Cc1ccc(S(=O)(=O)NCC2CCC(C(=O)NCC(=O)NCC3CCCO3)CC2)cc1. The Bertz CT molecular complexity index is 842. The fourth-order valence-electron chi connectivity index (χ4n) is 4.06. The molecule has 1 saturated carbocycles. The molecule has 0 bridgehead atoms. The Morgan fingerprint density at radius 3 is 2.35 bits per heavy atom. The van der Waals surface area contributed by atoms with Crippen molar-refractivity contribution in [3.63, 3.8) is 0 Å². The first-order chi connectivity index (χ1) is 14.8. The summed E-state index contributed by atoms with van der Waals surface area (Å²) in [7, 11) is -3.52. The lowest BCUT2D eigenvalue weighted by molar-refractivity contribution is -0.129. The molecule has 31 heavy (non-hydrogen) atoms. The highest BCUT2D eigenvalue weighted by Gasteiger charge is 2.27. The number of carbonyl (C=O) groups is 2. The second-order valence-electron chi connectivity index (χ2n) is 8.54. The number of carbonyl (C=O) groups excluding carboxylic acids is 2. The predicted molar refractivity (Wildman–Crippen MR) is 117 cm³/mol. The summed E-state index contributed by atoms with van der Waals surface area (Å²) >= 11 is 0. The monoisotopic (exact) mass is 451 g/mol. The van der Waals surface area contributed by atoms with E-state index in [1.54, 1.807) is 24.3 Å². The minimum atomic E-state index is -3.52. The first kappa shape index (κ1) is 23.7. The lowest BCUT2D eigenvalue weighted by Gasteiger charge is -2.27. The molecule has 1 unspecified atom stereocenters. The van der Waals surface area contributed by atoms with E-state index in [0.717, 1.165) is 37.9 Å². The van der Waals surface area contributed by atoms with Gasteiger partial charge in [0.2, 0.25) is 21.8 Å². The second-order valence-corrected chi connectivity index (χ2v) is 10.3. The van der Waals surface area contributed by atoms with Crippen molar-refractivity contribution >= 4 is 21.8 Å². The van der Waals surface area contributed by atoms with E-state index in [4.69, 9.17) is 4.74 Å². The molecule has 1 heterocycles. The van der Waals surface area contributed by atoms with Crippen molar-refractivity contribution in [2.45, 2.75) is 56.4 Å². The number of sulfonamides is 1. The van der Waals surface area contributed by atoms with Crippen LogP contribution in [-0.2, 0) is 24.3 Å². The Balaban J connectivity index is 1.33. The molecule has 1 aliphatic heterocycles.